The summed E-state index contributed by atoms with van der Waals surface area (Å²) in [6.07, 6.45) is 4.73. The van der Waals surface area contributed by atoms with Crippen LogP contribution in [0.4, 0.5) is 0 Å². The lowest BCUT2D eigenvalue weighted by atomic mass is 9.97. The van der Waals surface area contributed by atoms with Crippen LogP contribution < -0.4 is 5.73 Å². The Morgan fingerprint density at radius 1 is 1.04 bits per heavy atom. The normalized spacial score (nSPS) is 13.2. The Hall–Kier alpha value is -2.39. The number of nitrogens with zero attached hydrogens (tertiary/aromatic N) is 2. The number of nitrogens with two attached hydrogens (primary N) is 1. The van der Waals surface area contributed by atoms with E-state index in [1.807, 2.05) is 12.4 Å². The first-order chi connectivity index (χ1) is 11.1. The molecule has 0 fully saturated rings. The van der Waals surface area contributed by atoms with Crippen molar-refractivity contribution >= 4 is 32.6 Å². The molecule has 3 nitrogen and oxygen atoms in total. The van der Waals surface area contributed by atoms with Gasteiger partial charge in [0.25, 0.3) is 0 Å². The molecule has 2 heterocycles. The Labute approximate surface area is 135 Å². The van der Waals surface area contributed by atoms with E-state index < -0.39 is 0 Å². The average molecular weight is 303 g/mol. The first-order valence-electron chi connectivity index (χ1n) is 8.16. The molecule has 23 heavy (non-hydrogen) atoms. The van der Waals surface area contributed by atoms with Gasteiger partial charge in [-0.05, 0) is 48.9 Å². The van der Waals surface area contributed by atoms with Crippen LogP contribution in [-0.2, 0) is 0 Å². The maximum Gasteiger partial charge on any atom is 0.0818 e. The van der Waals surface area contributed by atoms with Crippen LogP contribution in [0.1, 0.15) is 30.6 Å². The molecule has 0 aliphatic rings. The van der Waals surface area contributed by atoms with Crippen LogP contribution in [0.25, 0.3) is 32.6 Å². The van der Waals surface area contributed by atoms with Crippen molar-refractivity contribution in [2.75, 3.05) is 0 Å². The molecule has 0 spiro atoms. The fraction of sp³-hybridized carbons (Fsp3) is 0.250. The number of hydrogen-bond donors (Lipinski definition) is 1. The molecule has 3 heteroatoms. The summed E-state index contributed by atoms with van der Waals surface area (Å²) in [5, 5.41) is 5.07. The van der Waals surface area contributed by atoms with Crippen LogP contribution in [0.2, 0.25) is 0 Å². The number of rotatable bonds is 2. The minimum Gasteiger partial charge on any atom is -0.324 e. The van der Waals surface area contributed by atoms with Crippen LogP contribution >= 0.6 is 0 Å². The van der Waals surface area contributed by atoms with Gasteiger partial charge in [-0.2, -0.15) is 0 Å². The molecule has 116 valence electrons. The summed E-state index contributed by atoms with van der Waals surface area (Å²) in [6.45, 7) is 6.53. The van der Waals surface area contributed by atoms with E-state index in [1.165, 1.54) is 43.7 Å². The van der Waals surface area contributed by atoms with Crippen molar-refractivity contribution in [1.82, 2.24) is 9.55 Å². The van der Waals surface area contributed by atoms with Crippen LogP contribution in [0, 0.1) is 13.8 Å². The molecule has 4 rings (SSSR count). The Kier molecular flexibility index (Phi) is 3.13. The van der Waals surface area contributed by atoms with Crippen molar-refractivity contribution < 1.29 is 0 Å². The summed E-state index contributed by atoms with van der Waals surface area (Å²) in [4.78, 5) is 4.33. The van der Waals surface area contributed by atoms with Crippen molar-refractivity contribution in [2.45, 2.75) is 33.4 Å². The number of para-hydroxylation sites is 1. The molecule has 2 aromatic carbocycles. The number of benzene rings is 2. The fourth-order valence-corrected chi connectivity index (χ4v) is 3.82. The zero-order valence-electron chi connectivity index (χ0n) is 13.8. The van der Waals surface area contributed by atoms with E-state index in [-0.39, 0.29) is 6.17 Å². The molecule has 0 amide bonds. The van der Waals surface area contributed by atoms with E-state index in [0.717, 1.165) is 6.42 Å². The van der Waals surface area contributed by atoms with Crippen LogP contribution in [-0.4, -0.2) is 9.55 Å². The summed E-state index contributed by atoms with van der Waals surface area (Å²) < 4.78 is 2.31. The van der Waals surface area contributed by atoms with E-state index in [2.05, 4.69) is 60.7 Å². The van der Waals surface area contributed by atoms with E-state index in [0.29, 0.717) is 0 Å². The molecule has 0 aliphatic carbocycles. The van der Waals surface area contributed by atoms with E-state index in [4.69, 9.17) is 5.73 Å². The smallest absolute Gasteiger partial charge is 0.0818 e. The Bertz CT molecular complexity index is 1040. The zero-order chi connectivity index (χ0) is 16.1. The molecule has 0 radical (unpaired) electrons. The van der Waals surface area contributed by atoms with Crippen LogP contribution in [0.5, 0.6) is 0 Å². The lowest BCUT2D eigenvalue weighted by Gasteiger charge is -2.17. The van der Waals surface area contributed by atoms with Gasteiger partial charge in [-0.3, -0.25) is 4.98 Å². The highest BCUT2D eigenvalue weighted by Crippen LogP contribution is 2.39. The molecular formula is C20H21N3. The van der Waals surface area contributed by atoms with Gasteiger partial charge in [-0.15, -0.1) is 0 Å². The monoisotopic (exact) mass is 303 g/mol. The molecule has 0 aliphatic heterocycles. The Balaban J connectivity index is 2.36. The van der Waals surface area contributed by atoms with Gasteiger partial charge in [0.1, 0.15) is 0 Å². The maximum atomic E-state index is 6.48. The fourth-order valence-electron chi connectivity index (χ4n) is 3.82. The van der Waals surface area contributed by atoms with Gasteiger partial charge in [0.05, 0.1) is 17.2 Å². The lowest BCUT2D eigenvalue weighted by Crippen LogP contribution is -2.17. The second kappa shape index (κ2) is 5.07. The third kappa shape index (κ3) is 1.83. The predicted molar refractivity (Wildman–Crippen MR) is 97.7 cm³/mol. The van der Waals surface area contributed by atoms with Crippen molar-refractivity contribution in [2.24, 2.45) is 5.73 Å². The maximum absolute atomic E-state index is 6.48. The molecule has 2 aromatic heterocycles. The van der Waals surface area contributed by atoms with Crippen LogP contribution in [0.3, 0.4) is 0 Å². The third-order valence-corrected chi connectivity index (χ3v) is 5.02. The number of fused-ring (bicyclic) bond motifs is 4. The second-order valence-electron chi connectivity index (χ2n) is 6.26. The molecule has 0 bridgehead atoms. The highest BCUT2D eigenvalue weighted by Gasteiger charge is 2.19. The van der Waals surface area contributed by atoms with Crippen molar-refractivity contribution in [3.8, 4) is 0 Å². The average Bonchev–Trinajstić information content (AvgIpc) is 2.94. The van der Waals surface area contributed by atoms with Gasteiger partial charge in [-0.25, -0.2) is 0 Å². The highest BCUT2D eigenvalue weighted by atomic mass is 15.1. The van der Waals surface area contributed by atoms with Gasteiger partial charge >= 0.3 is 0 Å². The van der Waals surface area contributed by atoms with Crippen LogP contribution in [0.15, 0.2) is 42.7 Å². The molecule has 2 N–H and O–H groups in total. The number of aromatic nitrogens is 2. The van der Waals surface area contributed by atoms with E-state index in [9.17, 15) is 0 Å². The first-order valence-corrected chi connectivity index (χ1v) is 8.16. The predicted octanol–water partition coefficient (Wildman–Crippen LogP) is 4.83. The standard InChI is InChI=1S/C20H21N3/c1-4-18(21)23-17-8-6-5-7-15(17)19-12(2)16-11-22-10-9-14(16)13(3)20(19)23/h5-11,18H,4,21H2,1-3H3. The lowest BCUT2D eigenvalue weighted by molar-refractivity contribution is 0.535. The summed E-state index contributed by atoms with van der Waals surface area (Å²) in [7, 11) is 0. The van der Waals surface area contributed by atoms with Gasteiger partial charge in [0.2, 0.25) is 0 Å². The summed E-state index contributed by atoms with van der Waals surface area (Å²) in [5.74, 6) is 0. The summed E-state index contributed by atoms with van der Waals surface area (Å²) in [6, 6.07) is 10.7. The molecular weight excluding hydrogens is 282 g/mol. The molecule has 0 saturated carbocycles. The van der Waals surface area contributed by atoms with Gasteiger partial charge in [-0.1, -0.05) is 25.1 Å². The first kappa shape index (κ1) is 14.2. The molecule has 0 saturated heterocycles. The van der Waals surface area contributed by atoms with E-state index in [1.54, 1.807) is 0 Å². The molecule has 4 aromatic rings. The largest absolute Gasteiger partial charge is 0.324 e. The minimum absolute atomic E-state index is 0.0187. The third-order valence-electron chi connectivity index (χ3n) is 5.02. The number of hydrogen-bond acceptors (Lipinski definition) is 2. The molecule has 1 unspecified atom stereocenters. The minimum atomic E-state index is -0.0187. The quantitative estimate of drug-likeness (QED) is 0.576. The zero-order valence-corrected chi connectivity index (χ0v) is 13.8. The summed E-state index contributed by atoms with van der Waals surface area (Å²) >= 11 is 0. The molecule has 1 atom stereocenters. The van der Waals surface area contributed by atoms with Crippen molar-refractivity contribution in [3.05, 3.63) is 53.9 Å². The Morgan fingerprint density at radius 2 is 1.83 bits per heavy atom. The Morgan fingerprint density at radius 3 is 2.61 bits per heavy atom. The van der Waals surface area contributed by atoms with Crippen molar-refractivity contribution in [3.63, 3.8) is 0 Å². The van der Waals surface area contributed by atoms with Crippen molar-refractivity contribution in [1.29, 1.82) is 0 Å². The summed E-state index contributed by atoms with van der Waals surface area (Å²) in [5.41, 5.74) is 11.5. The topological polar surface area (TPSA) is 43.8 Å². The van der Waals surface area contributed by atoms with Gasteiger partial charge < -0.3 is 10.3 Å². The van der Waals surface area contributed by atoms with Gasteiger partial charge in [0.15, 0.2) is 0 Å². The number of aryl methyl sites for hydroxylation is 2. The van der Waals surface area contributed by atoms with E-state index >= 15 is 0 Å². The van der Waals surface area contributed by atoms with Gasteiger partial charge in [0, 0.05) is 28.6 Å². The number of pyridine rings is 1. The highest BCUT2D eigenvalue weighted by molar-refractivity contribution is 6.16. The SMILES string of the molecule is CCC(N)n1c2ccccc2c2c(C)c3cnccc3c(C)c21. The second-order valence-corrected chi connectivity index (χ2v) is 6.26.